The Balaban J connectivity index is 2.00. The van der Waals surface area contributed by atoms with Gasteiger partial charge in [-0.15, -0.1) is 11.3 Å². The van der Waals surface area contributed by atoms with Gasteiger partial charge in [0, 0.05) is 24.0 Å². The molecular weight excluding hydrogens is 220 g/mol. The van der Waals surface area contributed by atoms with E-state index in [4.69, 9.17) is 0 Å². The first kappa shape index (κ1) is 9.23. The zero-order valence-corrected chi connectivity index (χ0v) is 9.11. The maximum absolute atomic E-state index is 4.51. The molecule has 0 fully saturated rings. The van der Waals surface area contributed by atoms with E-state index in [-0.39, 0.29) is 0 Å². The second-order valence-electron chi connectivity index (χ2n) is 3.21. The van der Waals surface area contributed by atoms with E-state index in [0.717, 1.165) is 22.1 Å². The van der Waals surface area contributed by atoms with Crippen LogP contribution in [0.3, 0.4) is 0 Å². The van der Waals surface area contributed by atoms with Gasteiger partial charge in [0.15, 0.2) is 0 Å². The van der Waals surface area contributed by atoms with Crippen molar-refractivity contribution < 1.29 is 0 Å². The summed E-state index contributed by atoms with van der Waals surface area (Å²) in [6.45, 7) is 0. The van der Waals surface area contributed by atoms with Gasteiger partial charge in [-0.1, -0.05) is 0 Å². The summed E-state index contributed by atoms with van der Waals surface area (Å²) >= 11 is 1.59. The average molecular weight is 228 g/mol. The number of hydrogen-bond acceptors (Lipinski definition) is 4. The Morgan fingerprint density at radius 3 is 2.94 bits per heavy atom. The van der Waals surface area contributed by atoms with Crippen molar-refractivity contribution in [2.75, 3.05) is 0 Å². The summed E-state index contributed by atoms with van der Waals surface area (Å²) in [6.07, 6.45) is 6.93. The van der Waals surface area contributed by atoms with Crippen molar-refractivity contribution in [3.8, 4) is 22.1 Å². The van der Waals surface area contributed by atoms with Gasteiger partial charge in [-0.2, -0.15) is 0 Å². The molecule has 0 radical (unpaired) electrons. The fourth-order valence-corrected chi connectivity index (χ4v) is 2.21. The van der Waals surface area contributed by atoms with Crippen LogP contribution in [-0.4, -0.2) is 19.9 Å². The fourth-order valence-electron chi connectivity index (χ4n) is 1.41. The predicted molar refractivity (Wildman–Crippen MR) is 62.9 cm³/mol. The molecule has 0 aliphatic rings. The van der Waals surface area contributed by atoms with Crippen LogP contribution in [-0.2, 0) is 0 Å². The van der Waals surface area contributed by atoms with Crippen molar-refractivity contribution in [1.29, 1.82) is 0 Å². The summed E-state index contributed by atoms with van der Waals surface area (Å²) in [5.41, 5.74) is 2.69. The smallest absolute Gasteiger partial charge is 0.140 e. The third-order valence-electron chi connectivity index (χ3n) is 2.16. The first-order valence-electron chi connectivity index (χ1n) is 4.79. The van der Waals surface area contributed by atoms with Gasteiger partial charge in [0.25, 0.3) is 0 Å². The SMILES string of the molecule is c1c[nH]c(-c2nc(-c3cnccn3)cs2)c1. The van der Waals surface area contributed by atoms with E-state index in [0.29, 0.717) is 0 Å². The van der Waals surface area contributed by atoms with E-state index in [1.165, 1.54) is 0 Å². The minimum atomic E-state index is 0.802. The van der Waals surface area contributed by atoms with Gasteiger partial charge in [0.05, 0.1) is 11.9 Å². The molecule has 0 amide bonds. The van der Waals surface area contributed by atoms with Crippen molar-refractivity contribution in [3.63, 3.8) is 0 Å². The highest BCUT2D eigenvalue weighted by Gasteiger charge is 2.07. The molecule has 0 saturated heterocycles. The van der Waals surface area contributed by atoms with Gasteiger partial charge in [0.2, 0.25) is 0 Å². The Kier molecular flexibility index (Phi) is 2.23. The fraction of sp³-hybridized carbons (Fsp3) is 0. The van der Waals surface area contributed by atoms with Crippen molar-refractivity contribution in [3.05, 3.63) is 42.3 Å². The molecule has 0 atom stereocenters. The minimum absolute atomic E-state index is 0.802. The highest BCUT2D eigenvalue weighted by atomic mass is 32.1. The summed E-state index contributed by atoms with van der Waals surface area (Å²) in [5, 5.41) is 2.95. The molecule has 0 saturated carbocycles. The van der Waals surface area contributed by atoms with Crippen molar-refractivity contribution in [2.45, 2.75) is 0 Å². The lowest BCUT2D eigenvalue weighted by atomic mass is 10.3. The van der Waals surface area contributed by atoms with Gasteiger partial charge < -0.3 is 4.98 Å². The van der Waals surface area contributed by atoms with Crippen LogP contribution in [0.1, 0.15) is 0 Å². The lowest BCUT2D eigenvalue weighted by Gasteiger charge is -1.92. The Morgan fingerprint density at radius 2 is 2.19 bits per heavy atom. The molecule has 0 aliphatic heterocycles. The average Bonchev–Trinajstić information content (AvgIpc) is 3.01. The number of thiazole rings is 1. The van der Waals surface area contributed by atoms with Crippen LogP contribution < -0.4 is 0 Å². The summed E-state index contributed by atoms with van der Waals surface area (Å²) in [4.78, 5) is 15.9. The molecule has 0 unspecified atom stereocenters. The number of aromatic amines is 1. The molecule has 0 bridgehead atoms. The Labute approximate surface area is 96.1 Å². The zero-order valence-electron chi connectivity index (χ0n) is 8.29. The van der Waals surface area contributed by atoms with Crippen LogP contribution in [0.25, 0.3) is 22.1 Å². The molecular formula is C11H8N4S. The standard InChI is InChI=1S/C11H8N4S/c1-2-8(13-3-1)11-15-10(7-16-11)9-6-12-4-5-14-9/h1-7,13H. The number of hydrogen-bond donors (Lipinski definition) is 1. The maximum atomic E-state index is 4.51. The van der Waals surface area contributed by atoms with Gasteiger partial charge >= 0.3 is 0 Å². The van der Waals surface area contributed by atoms with E-state index in [1.54, 1.807) is 29.9 Å². The minimum Gasteiger partial charge on any atom is -0.359 e. The first-order valence-corrected chi connectivity index (χ1v) is 5.67. The van der Waals surface area contributed by atoms with Gasteiger partial charge in [-0.25, -0.2) is 4.98 Å². The topological polar surface area (TPSA) is 54.5 Å². The number of aromatic nitrogens is 4. The van der Waals surface area contributed by atoms with E-state index in [2.05, 4.69) is 19.9 Å². The third-order valence-corrected chi connectivity index (χ3v) is 3.03. The summed E-state index contributed by atoms with van der Waals surface area (Å²) in [7, 11) is 0. The Morgan fingerprint density at radius 1 is 1.19 bits per heavy atom. The van der Waals surface area contributed by atoms with Crippen LogP contribution in [0.2, 0.25) is 0 Å². The van der Waals surface area contributed by atoms with E-state index in [9.17, 15) is 0 Å². The molecule has 78 valence electrons. The van der Waals surface area contributed by atoms with E-state index < -0.39 is 0 Å². The molecule has 3 heterocycles. The molecule has 0 spiro atoms. The zero-order chi connectivity index (χ0) is 10.8. The molecule has 3 aromatic heterocycles. The molecule has 3 rings (SSSR count). The number of nitrogens with one attached hydrogen (secondary N) is 1. The van der Waals surface area contributed by atoms with E-state index in [1.807, 2.05) is 23.7 Å². The highest BCUT2D eigenvalue weighted by Crippen LogP contribution is 2.26. The number of rotatable bonds is 2. The number of nitrogens with zero attached hydrogens (tertiary/aromatic N) is 3. The largest absolute Gasteiger partial charge is 0.359 e. The molecule has 0 aliphatic carbocycles. The highest BCUT2D eigenvalue weighted by molar-refractivity contribution is 7.13. The normalized spacial score (nSPS) is 10.5. The molecule has 16 heavy (non-hydrogen) atoms. The lowest BCUT2D eigenvalue weighted by Crippen LogP contribution is -1.84. The van der Waals surface area contributed by atoms with Crippen molar-refractivity contribution in [2.24, 2.45) is 0 Å². The van der Waals surface area contributed by atoms with Crippen LogP contribution >= 0.6 is 11.3 Å². The predicted octanol–water partition coefficient (Wildman–Crippen LogP) is 2.60. The molecule has 5 heteroatoms. The first-order chi connectivity index (χ1) is 7.93. The van der Waals surface area contributed by atoms with Crippen LogP contribution in [0.5, 0.6) is 0 Å². The lowest BCUT2D eigenvalue weighted by molar-refractivity contribution is 1.19. The monoisotopic (exact) mass is 228 g/mol. The molecule has 0 aromatic carbocycles. The van der Waals surface area contributed by atoms with E-state index >= 15 is 0 Å². The number of H-pyrrole nitrogens is 1. The van der Waals surface area contributed by atoms with Crippen molar-refractivity contribution in [1.82, 2.24) is 19.9 Å². The van der Waals surface area contributed by atoms with Gasteiger partial charge in [-0.05, 0) is 12.1 Å². The van der Waals surface area contributed by atoms with Crippen LogP contribution in [0.15, 0.2) is 42.3 Å². The second kappa shape index (κ2) is 3.86. The summed E-state index contributed by atoms with van der Waals surface area (Å²) in [6, 6.07) is 3.96. The van der Waals surface area contributed by atoms with Gasteiger partial charge in [-0.3, -0.25) is 9.97 Å². The molecule has 4 nitrogen and oxygen atoms in total. The summed E-state index contributed by atoms with van der Waals surface area (Å²) < 4.78 is 0. The third kappa shape index (κ3) is 1.61. The second-order valence-corrected chi connectivity index (χ2v) is 4.07. The van der Waals surface area contributed by atoms with Crippen molar-refractivity contribution >= 4 is 11.3 Å². The summed E-state index contributed by atoms with van der Waals surface area (Å²) in [5.74, 6) is 0. The maximum Gasteiger partial charge on any atom is 0.140 e. The Hall–Kier alpha value is -2.01. The van der Waals surface area contributed by atoms with Crippen LogP contribution in [0.4, 0.5) is 0 Å². The van der Waals surface area contributed by atoms with Gasteiger partial charge in [0.1, 0.15) is 16.4 Å². The Bertz CT molecular complexity index is 571. The molecule has 3 aromatic rings. The van der Waals surface area contributed by atoms with Crippen LogP contribution in [0, 0.1) is 0 Å². The molecule has 1 N–H and O–H groups in total. The quantitative estimate of drug-likeness (QED) is 0.733.